The van der Waals surface area contributed by atoms with Crippen LogP contribution in [0.3, 0.4) is 0 Å². The van der Waals surface area contributed by atoms with Gasteiger partial charge in [0.15, 0.2) is 0 Å². The van der Waals surface area contributed by atoms with Crippen LogP contribution in [0.1, 0.15) is 50.0 Å². The number of nitrogens with zero attached hydrogens (tertiary/aromatic N) is 2. The smallest absolute Gasteiger partial charge is 0.253 e. The number of benzene rings is 1. The maximum absolute atomic E-state index is 12.6. The van der Waals surface area contributed by atoms with Crippen LogP contribution in [0.5, 0.6) is 0 Å². The molecule has 4 nitrogen and oxygen atoms in total. The molecule has 1 unspecified atom stereocenters. The van der Waals surface area contributed by atoms with E-state index >= 15 is 0 Å². The van der Waals surface area contributed by atoms with E-state index in [-0.39, 0.29) is 11.3 Å². The second-order valence-electron chi connectivity index (χ2n) is 7.35. The first-order chi connectivity index (χ1) is 10.9. The van der Waals surface area contributed by atoms with Crippen molar-refractivity contribution in [1.29, 1.82) is 0 Å². The first kappa shape index (κ1) is 18.0. The van der Waals surface area contributed by atoms with Gasteiger partial charge in [-0.05, 0) is 56.5 Å². The molecular weight excluding hydrogens is 286 g/mol. The normalized spacial score (nSPS) is 21.4. The quantitative estimate of drug-likeness (QED) is 0.877. The number of carbonyl (C=O) groups excluding carboxylic acids is 1. The van der Waals surface area contributed by atoms with Crippen LogP contribution < -0.4 is 5.73 Å². The van der Waals surface area contributed by atoms with Crippen LogP contribution in [-0.4, -0.2) is 47.9 Å². The van der Waals surface area contributed by atoms with Crippen molar-refractivity contribution < 1.29 is 4.79 Å². The zero-order valence-corrected chi connectivity index (χ0v) is 15.0. The number of hydrogen-bond donors (Lipinski definition) is 1. The second kappa shape index (κ2) is 7.45. The first-order valence-electron chi connectivity index (χ1n) is 8.71. The van der Waals surface area contributed by atoms with E-state index in [1.54, 1.807) is 0 Å². The van der Waals surface area contributed by atoms with Crippen molar-refractivity contribution >= 4 is 5.91 Å². The maximum Gasteiger partial charge on any atom is 0.253 e. The molecule has 2 N–H and O–H groups in total. The zero-order chi connectivity index (χ0) is 17.0. The summed E-state index contributed by atoms with van der Waals surface area (Å²) in [5.41, 5.74) is 7.94. The highest BCUT2D eigenvalue weighted by atomic mass is 16.2. The molecule has 0 saturated carbocycles. The summed E-state index contributed by atoms with van der Waals surface area (Å²) in [7, 11) is 0. The molecule has 128 valence electrons. The Labute approximate surface area is 140 Å². The third-order valence-electron chi connectivity index (χ3n) is 5.06. The van der Waals surface area contributed by atoms with Crippen molar-refractivity contribution in [2.24, 2.45) is 11.1 Å². The number of amides is 1. The van der Waals surface area contributed by atoms with Gasteiger partial charge in [0.1, 0.15) is 0 Å². The molecule has 0 radical (unpaired) electrons. The second-order valence-corrected chi connectivity index (χ2v) is 7.35. The average molecular weight is 317 g/mol. The lowest BCUT2D eigenvalue weighted by atomic mass is 9.90. The Morgan fingerprint density at radius 2 is 2.00 bits per heavy atom. The summed E-state index contributed by atoms with van der Waals surface area (Å²) >= 11 is 0. The van der Waals surface area contributed by atoms with Gasteiger partial charge in [-0.1, -0.05) is 26.0 Å². The van der Waals surface area contributed by atoms with Crippen molar-refractivity contribution in [3.63, 3.8) is 0 Å². The van der Waals surface area contributed by atoms with Crippen LogP contribution in [0.4, 0.5) is 0 Å². The molecule has 1 aliphatic rings. The highest BCUT2D eigenvalue weighted by molar-refractivity contribution is 5.94. The van der Waals surface area contributed by atoms with Gasteiger partial charge in [-0.3, -0.25) is 9.69 Å². The van der Waals surface area contributed by atoms with Crippen molar-refractivity contribution in [2.75, 3.05) is 26.2 Å². The van der Waals surface area contributed by atoms with E-state index in [9.17, 15) is 4.79 Å². The largest absolute Gasteiger partial charge is 0.338 e. The fraction of sp³-hybridized carbons (Fsp3) is 0.632. The van der Waals surface area contributed by atoms with E-state index in [1.807, 2.05) is 17.0 Å². The Morgan fingerprint density at radius 3 is 2.48 bits per heavy atom. The molecule has 1 aliphatic heterocycles. The molecule has 0 aliphatic carbocycles. The molecule has 23 heavy (non-hydrogen) atoms. The molecule has 1 fully saturated rings. The van der Waals surface area contributed by atoms with Gasteiger partial charge in [0.25, 0.3) is 5.91 Å². The Hall–Kier alpha value is -1.39. The fourth-order valence-corrected chi connectivity index (χ4v) is 3.19. The lowest BCUT2D eigenvalue weighted by Gasteiger charge is -2.25. The van der Waals surface area contributed by atoms with Crippen molar-refractivity contribution in [2.45, 2.75) is 46.7 Å². The van der Waals surface area contributed by atoms with Crippen LogP contribution in [0, 0.1) is 5.41 Å². The summed E-state index contributed by atoms with van der Waals surface area (Å²) < 4.78 is 0. The van der Waals surface area contributed by atoms with Gasteiger partial charge in [-0.25, -0.2) is 0 Å². The van der Waals surface area contributed by atoms with Crippen LogP contribution in [0.2, 0.25) is 0 Å². The van der Waals surface area contributed by atoms with E-state index in [4.69, 9.17) is 5.73 Å². The van der Waals surface area contributed by atoms with Gasteiger partial charge >= 0.3 is 0 Å². The number of nitrogens with two attached hydrogens (primary N) is 1. The number of rotatable bonds is 6. The predicted molar refractivity (Wildman–Crippen MR) is 95.3 cm³/mol. The summed E-state index contributed by atoms with van der Waals surface area (Å²) in [6.45, 7) is 12.9. The summed E-state index contributed by atoms with van der Waals surface area (Å²) in [6.07, 6.45) is 0.993. The van der Waals surface area contributed by atoms with Crippen LogP contribution in [0.15, 0.2) is 24.3 Å². The average Bonchev–Trinajstić information content (AvgIpc) is 2.95. The van der Waals surface area contributed by atoms with Crippen molar-refractivity contribution in [1.82, 2.24) is 9.80 Å². The number of carbonyl (C=O) groups is 1. The highest BCUT2D eigenvalue weighted by Crippen LogP contribution is 2.29. The summed E-state index contributed by atoms with van der Waals surface area (Å²) in [6, 6.07) is 8.61. The minimum absolute atomic E-state index is 0.0779. The van der Waals surface area contributed by atoms with E-state index < -0.39 is 0 Å². The summed E-state index contributed by atoms with van der Waals surface area (Å²) in [5, 5.41) is 0. The van der Waals surface area contributed by atoms with Gasteiger partial charge in [-0.15, -0.1) is 0 Å². The van der Waals surface area contributed by atoms with Gasteiger partial charge in [0, 0.05) is 31.2 Å². The molecule has 1 atom stereocenters. The molecule has 1 aromatic carbocycles. The lowest BCUT2D eigenvalue weighted by Crippen LogP contribution is -2.34. The topological polar surface area (TPSA) is 49.6 Å². The minimum atomic E-state index is 0.0779. The molecule has 0 aromatic heterocycles. The van der Waals surface area contributed by atoms with Gasteiger partial charge < -0.3 is 10.6 Å². The molecule has 1 heterocycles. The lowest BCUT2D eigenvalue weighted by molar-refractivity contribution is 0.0777. The molecule has 0 bridgehead atoms. The highest BCUT2D eigenvalue weighted by Gasteiger charge is 2.35. The third kappa shape index (κ3) is 4.33. The van der Waals surface area contributed by atoms with Crippen molar-refractivity contribution in [3.8, 4) is 0 Å². The van der Waals surface area contributed by atoms with Gasteiger partial charge in [0.2, 0.25) is 0 Å². The minimum Gasteiger partial charge on any atom is -0.338 e. The van der Waals surface area contributed by atoms with E-state index in [1.165, 1.54) is 5.56 Å². The maximum atomic E-state index is 12.6. The monoisotopic (exact) mass is 317 g/mol. The van der Waals surface area contributed by atoms with E-state index in [0.29, 0.717) is 12.6 Å². The Bertz CT molecular complexity index is 526. The summed E-state index contributed by atoms with van der Waals surface area (Å²) in [4.78, 5) is 17.0. The standard InChI is InChI=1S/C19H31N3O/c1-5-21(15(2)3)12-16-6-8-17(9-7-16)18(23)22-11-10-19(4,13-20)14-22/h6-9,15H,5,10-14,20H2,1-4H3. The van der Waals surface area contributed by atoms with Crippen molar-refractivity contribution in [3.05, 3.63) is 35.4 Å². The Morgan fingerprint density at radius 1 is 1.35 bits per heavy atom. The first-order valence-corrected chi connectivity index (χ1v) is 8.71. The molecule has 1 saturated heterocycles. The number of hydrogen-bond acceptors (Lipinski definition) is 3. The van der Waals surface area contributed by atoms with E-state index in [0.717, 1.165) is 38.2 Å². The molecule has 1 aromatic rings. The van der Waals surface area contributed by atoms with Gasteiger partial charge in [0.05, 0.1) is 0 Å². The van der Waals surface area contributed by atoms with Crippen LogP contribution in [0.25, 0.3) is 0 Å². The Balaban J connectivity index is 2.01. The van der Waals surface area contributed by atoms with Crippen LogP contribution >= 0.6 is 0 Å². The molecular formula is C19H31N3O. The molecule has 0 spiro atoms. The Kier molecular flexibility index (Phi) is 5.82. The third-order valence-corrected chi connectivity index (χ3v) is 5.06. The van der Waals surface area contributed by atoms with Crippen LogP contribution in [-0.2, 0) is 6.54 Å². The zero-order valence-electron chi connectivity index (χ0n) is 15.0. The van der Waals surface area contributed by atoms with Gasteiger partial charge in [-0.2, -0.15) is 0 Å². The predicted octanol–water partition coefficient (Wildman–Crippen LogP) is 2.73. The number of likely N-dealkylation sites (tertiary alicyclic amines) is 1. The summed E-state index contributed by atoms with van der Waals surface area (Å²) in [5.74, 6) is 0.130. The molecule has 1 amide bonds. The molecule has 4 heteroatoms. The molecule has 2 rings (SSSR count). The van der Waals surface area contributed by atoms with E-state index in [2.05, 4.69) is 44.7 Å². The SMILES string of the molecule is CCN(Cc1ccc(C(=O)N2CCC(C)(CN)C2)cc1)C(C)C. The fourth-order valence-electron chi connectivity index (χ4n) is 3.19.